The van der Waals surface area contributed by atoms with Crippen LogP contribution in [0.15, 0.2) is 54.6 Å². The summed E-state index contributed by atoms with van der Waals surface area (Å²) in [5.41, 5.74) is 2.65. The molecule has 1 atom stereocenters. The molecule has 0 spiro atoms. The van der Waals surface area contributed by atoms with Gasteiger partial charge in [-0.1, -0.05) is 54.1 Å². The van der Waals surface area contributed by atoms with Gasteiger partial charge in [0.1, 0.15) is 0 Å². The van der Waals surface area contributed by atoms with E-state index in [1.54, 1.807) is 0 Å². The molecule has 0 amide bonds. The fourth-order valence-electron chi connectivity index (χ4n) is 2.74. The van der Waals surface area contributed by atoms with Crippen molar-refractivity contribution in [3.05, 3.63) is 70.7 Å². The second-order valence-electron chi connectivity index (χ2n) is 5.28. The lowest BCUT2D eigenvalue weighted by Gasteiger charge is -2.34. The highest BCUT2D eigenvalue weighted by molar-refractivity contribution is 6.30. The van der Waals surface area contributed by atoms with E-state index in [0.29, 0.717) is 6.04 Å². The Morgan fingerprint density at radius 1 is 1.10 bits per heavy atom. The predicted molar refractivity (Wildman–Crippen MR) is 83.9 cm³/mol. The summed E-state index contributed by atoms with van der Waals surface area (Å²) in [6.07, 6.45) is 0. The zero-order chi connectivity index (χ0) is 13.8. The van der Waals surface area contributed by atoms with Crippen LogP contribution >= 0.6 is 11.6 Å². The highest BCUT2D eigenvalue weighted by atomic mass is 35.5. The third-order valence-electron chi connectivity index (χ3n) is 3.76. The lowest BCUT2D eigenvalue weighted by atomic mass is 10.0. The molecule has 20 heavy (non-hydrogen) atoms. The molecule has 0 aromatic heterocycles. The van der Waals surface area contributed by atoms with Gasteiger partial charge >= 0.3 is 0 Å². The first-order valence-corrected chi connectivity index (χ1v) is 7.44. The average Bonchev–Trinajstić information content (AvgIpc) is 2.49. The highest BCUT2D eigenvalue weighted by Crippen LogP contribution is 2.21. The minimum absolute atomic E-state index is 0.367. The van der Waals surface area contributed by atoms with Gasteiger partial charge in [-0.3, -0.25) is 4.90 Å². The average molecular weight is 287 g/mol. The fraction of sp³-hybridized carbons (Fsp3) is 0.294. The van der Waals surface area contributed by atoms with Crippen LogP contribution in [-0.2, 0) is 6.54 Å². The molecule has 0 saturated carbocycles. The van der Waals surface area contributed by atoms with Gasteiger partial charge < -0.3 is 5.32 Å². The minimum Gasteiger partial charge on any atom is -0.308 e. The first kappa shape index (κ1) is 13.6. The van der Waals surface area contributed by atoms with E-state index in [1.807, 2.05) is 12.1 Å². The normalized spacial score (nSPS) is 19.9. The van der Waals surface area contributed by atoms with Gasteiger partial charge in [0.2, 0.25) is 0 Å². The summed E-state index contributed by atoms with van der Waals surface area (Å²) in [5.74, 6) is 0. The molecule has 3 heteroatoms. The molecule has 0 unspecified atom stereocenters. The molecule has 0 radical (unpaired) electrons. The van der Waals surface area contributed by atoms with E-state index in [2.05, 4.69) is 52.7 Å². The van der Waals surface area contributed by atoms with E-state index >= 15 is 0 Å². The van der Waals surface area contributed by atoms with Crippen LogP contribution in [0.3, 0.4) is 0 Å². The van der Waals surface area contributed by atoms with Gasteiger partial charge in [-0.25, -0.2) is 0 Å². The van der Waals surface area contributed by atoms with Crippen LogP contribution in [0.1, 0.15) is 17.2 Å². The van der Waals surface area contributed by atoms with Crippen LogP contribution in [0, 0.1) is 0 Å². The van der Waals surface area contributed by atoms with Crippen LogP contribution in [0.2, 0.25) is 5.02 Å². The van der Waals surface area contributed by atoms with E-state index in [0.717, 1.165) is 31.2 Å². The second kappa shape index (κ2) is 6.40. The van der Waals surface area contributed by atoms with E-state index in [-0.39, 0.29) is 0 Å². The number of halogens is 1. The summed E-state index contributed by atoms with van der Waals surface area (Å²) < 4.78 is 0. The van der Waals surface area contributed by atoms with Crippen molar-refractivity contribution >= 4 is 11.6 Å². The lowest BCUT2D eigenvalue weighted by molar-refractivity contribution is 0.193. The maximum Gasteiger partial charge on any atom is 0.0450 e. The van der Waals surface area contributed by atoms with Gasteiger partial charge in [-0.05, 0) is 23.3 Å². The van der Waals surface area contributed by atoms with Gasteiger partial charge in [0.05, 0.1) is 0 Å². The van der Waals surface area contributed by atoms with Crippen LogP contribution < -0.4 is 5.32 Å². The largest absolute Gasteiger partial charge is 0.308 e. The molecule has 0 bridgehead atoms. The summed E-state index contributed by atoms with van der Waals surface area (Å²) in [6.45, 7) is 4.14. The Labute approximate surface area is 125 Å². The van der Waals surface area contributed by atoms with Crippen LogP contribution in [0.4, 0.5) is 0 Å². The van der Waals surface area contributed by atoms with Gasteiger partial charge in [-0.2, -0.15) is 0 Å². The zero-order valence-electron chi connectivity index (χ0n) is 11.4. The predicted octanol–water partition coefficient (Wildman–Crippen LogP) is 3.49. The fourth-order valence-corrected chi connectivity index (χ4v) is 2.94. The maximum atomic E-state index is 6.09. The first-order chi connectivity index (χ1) is 9.81. The summed E-state index contributed by atoms with van der Waals surface area (Å²) >= 11 is 6.09. The highest BCUT2D eigenvalue weighted by Gasteiger charge is 2.20. The van der Waals surface area contributed by atoms with E-state index in [9.17, 15) is 0 Å². The molecule has 1 saturated heterocycles. The van der Waals surface area contributed by atoms with E-state index in [4.69, 9.17) is 11.6 Å². The van der Waals surface area contributed by atoms with Crippen molar-refractivity contribution < 1.29 is 0 Å². The van der Waals surface area contributed by atoms with Gasteiger partial charge in [0, 0.05) is 37.2 Å². The topological polar surface area (TPSA) is 15.3 Å². The Bertz CT molecular complexity index is 556. The number of nitrogens with zero attached hydrogens (tertiary/aromatic N) is 1. The Balaban J connectivity index is 1.67. The maximum absolute atomic E-state index is 6.09. The molecule has 104 valence electrons. The molecule has 2 aromatic carbocycles. The second-order valence-corrected chi connectivity index (χ2v) is 5.72. The summed E-state index contributed by atoms with van der Waals surface area (Å²) in [6, 6.07) is 19.2. The molecule has 3 rings (SSSR count). The van der Waals surface area contributed by atoms with Crippen molar-refractivity contribution in [2.75, 3.05) is 19.6 Å². The third kappa shape index (κ3) is 3.40. The third-order valence-corrected chi connectivity index (χ3v) is 3.99. The molecule has 2 nitrogen and oxygen atoms in total. The van der Waals surface area contributed by atoms with Crippen molar-refractivity contribution in [3.63, 3.8) is 0 Å². The minimum atomic E-state index is 0.367. The zero-order valence-corrected chi connectivity index (χ0v) is 12.2. The number of benzene rings is 2. The Morgan fingerprint density at radius 2 is 1.95 bits per heavy atom. The molecule has 1 N–H and O–H groups in total. The Hall–Kier alpha value is -1.35. The number of piperazine rings is 1. The molecular weight excluding hydrogens is 268 g/mol. The van der Waals surface area contributed by atoms with Crippen LogP contribution in [0.25, 0.3) is 0 Å². The van der Waals surface area contributed by atoms with Gasteiger partial charge in [-0.15, -0.1) is 0 Å². The van der Waals surface area contributed by atoms with Crippen molar-refractivity contribution in [1.82, 2.24) is 10.2 Å². The van der Waals surface area contributed by atoms with E-state index < -0.39 is 0 Å². The summed E-state index contributed by atoms with van der Waals surface area (Å²) in [4.78, 5) is 2.50. The summed E-state index contributed by atoms with van der Waals surface area (Å²) in [5, 5.41) is 4.39. The van der Waals surface area contributed by atoms with Crippen molar-refractivity contribution in [3.8, 4) is 0 Å². The molecule has 2 aromatic rings. The SMILES string of the molecule is Clc1cccc([C@H]2CN(Cc3ccccc3)CCN2)c1. The Morgan fingerprint density at radius 3 is 2.75 bits per heavy atom. The molecule has 1 heterocycles. The van der Waals surface area contributed by atoms with E-state index in [1.165, 1.54) is 11.1 Å². The molecule has 1 aliphatic rings. The smallest absolute Gasteiger partial charge is 0.0450 e. The molecule has 1 aliphatic heterocycles. The van der Waals surface area contributed by atoms with Crippen molar-refractivity contribution in [2.24, 2.45) is 0 Å². The number of hydrogen-bond donors (Lipinski definition) is 1. The molecular formula is C17H19ClN2. The van der Waals surface area contributed by atoms with Crippen molar-refractivity contribution in [1.29, 1.82) is 0 Å². The van der Waals surface area contributed by atoms with Gasteiger partial charge in [0.25, 0.3) is 0 Å². The number of rotatable bonds is 3. The quantitative estimate of drug-likeness (QED) is 0.929. The standard InChI is InChI=1S/C17H19ClN2/c18-16-8-4-7-15(11-16)17-13-20(10-9-19-17)12-14-5-2-1-3-6-14/h1-8,11,17,19H,9-10,12-13H2/t17-/m1/s1. The van der Waals surface area contributed by atoms with Crippen LogP contribution in [-0.4, -0.2) is 24.5 Å². The lowest BCUT2D eigenvalue weighted by Crippen LogP contribution is -2.45. The molecule has 0 aliphatic carbocycles. The number of nitrogens with one attached hydrogen (secondary N) is 1. The van der Waals surface area contributed by atoms with Crippen LogP contribution in [0.5, 0.6) is 0 Å². The molecule has 1 fully saturated rings. The first-order valence-electron chi connectivity index (χ1n) is 7.06. The number of hydrogen-bond acceptors (Lipinski definition) is 2. The summed E-state index contributed by atoms with van der Waals surface area (Å²) in [7, 11) is 0. The van der Waals surface area contributed by atoms with Gasteiger partial charge in [0.15, 0.2) is 0 Å². The van der Waals surface area contributed by atoms with Crippen molar-refractivity contribution in [2.45, 2.75) is 12.6 Å². The monoisotopic (exact) mass is 286 g/mol. The Kier molecular flexibility index (Phi) is 4.36.